The lowest BCUT2D eigenvalue weighted by molar-refractivity contribution is 0.417. The van der Waals surface area contributed by atoms with E-state index >= 15 is 0 Å². The molecule has 0 bridgehead atoms. The number of hydrogen-bond acceptors (Lipinski definition) is 3. The van der Waals surface area contributed by atoms with Crippen LogP contribution in [-0.4, -0.2) is 22.2 Å². The van der Waals surface area contributed by atoms with E-state index in [-0.39, 0.29) is 0 Å². The third kappa shape index (κ3) is 4.02. The van der Waals surface area contributed by atoms with Crippen molar-refractivity contribution in [2.75, 3.05) is 17.7 Å². The molecule has 29 heavy (non-hydrogen) atoms. The summed E-state index contributed by atoms with van der Waals surface area (Å²) in [5.41, 5.74) is 3.41. The van der Waals surface area contributed by atoms with E-state index in [0.29, 0.717) is 33.1 Å². The summed E-state index contributed by atoms with van der Waals surface area (Å²) in [6.07, 6.45) is 3.33. The number of ether oxygens (including phenoxy) is 1. The summed E-state index contributed by atoms with van der Waals surface area (Å²) in [5.74, 6) is -1.18. The molecule has 2 aromatic heterocycles. The molecule has 0 saturated heterocycles. The number of nitrogens with zero attached hydrogens (tertiary/aromatic N) is 1. The standard InChI is InChI=1S/C21H16F2N4OS/c1-28-20-5-4-12(17-9-13-7-15(22)16(23)10-18(13)26-17)8-19(20)27-21(29)25-14-3-2-6-24-11-14/h2-11,26H,1H3,(H2,25,27,29). The first-order valence-electron chi connectivity index (χ1n) is 8.67. The number of rotatable bonds is 4. The zero-order chi connectivity index (χ0) is 20.4. The van der Waals surface area contributed by atoms with Crippen molar-refractivity contribution >= 4 is 39.6 Å². The SMILES string of the molecule is COc1ccc(-c2cc3cc(F)c(F)cc3[nH]2)cc1NC(=S)Nc1cccnc1. The second-order valence-electron chi connectivity index (χ2n) is 6.27. The van der Waals surface area contributed by atoms with Crippen LogP contribution in [-0.2, 0) is 0 Å². The number of anilines is 2. The maximum absolute atomic E-state index is 13.5. The molecule has 0 aliphatic carbocycles. The molecule has 0 atom stereocenters. The first-order valence-corrected chi connectivity index (χ1v) is 9.08. The number of H-pyrrole nitrogens is 1. The first kappa shape index (κ1) is 18.8. The molecular formula is C21H16F2N4OS. The molecular weight excluding hydrogens is 394 g/mol. The Bertz CT molecular complexity index is 1160. The van der Waals surface area contributed by atoms with Crippen LogP contribution in [0.3, 0.4) is 0 Å². The highest BCUT2D eigenvalue weighted by Crippen LogP contribution is 2.32. The summed E-state index contributed by atoms with van der Waals surface area (Å²) in [7, 11) is 1.56. The van der Waals surface area contributed by atoms with Gasteiger partial charge in [0.15, 0.2) is 16.7 Å². The molecule has 0 spiro atoms. The van der Waals surface area contributed by atoms with E-state index in [1.165, 1.54) is 6.07 Å². The molecule has 4 rings (SSSR count). The molecule has 2 heterocycles. The van der Waals surface area contributed by atoms with Crippen molar-refractivity contribution in [1.29, 1.82) is 0 Å². The molecule has 0 amide bonds. The molecule has 146 valence electrons. The summed E-state index contributed by atoms with van der Waals surface area (Å²) >= 11 is 5.37. The second kappa shape index (κ2) is 7.84. The summed E-state index contributed by atoms with van der Waals surface area (Å²) in [4.78, 5) is 7.14. The summed E-state index contributed by atoms with van der Waals surface area (Å²) in [6, 6.07) is 13.2. The van der Waals surface area contributed by atoms with E-state index in [4.69, 9.17) is 17.0 Å². The average molecular weight is 410 g/mol. The van der Waals surface area contributed by atoms with E-state index in [1.54, 1.807) is 37.7 Å². The van der Waals surface area contributed by atoms with E-state index in [9.17, 15) is 8.78 Å². The van der Waals surface area contributed by atoms with E-state index in [1.807, 2.05) is 18.2 Å². The zero-order valence-corrected chi connectivity index (χ0v) is 16.1. The minimum absolute atomic E-state index is 0.370. The van der Waals surface area contributed by atoms with Crippen molar-refractivity contribution in [1.82, 2.24) is 9.97 Å². The lowest BCUT2D eigenvalue weighted by Gasteiger charge is -2.14. The van der Waals surface area contributed by atoms with Crippen molar-refractivity contribution in [3.05, 3.63) is 72.6 Å². The van der Waals surface area contributed by atoms with Gasteiger partial charge in [-0.2, -0.15) is 0 Å². The van der Waals surface area contributed by atoms with Gasteiger partial charge in [0.25, 0.3) is 0 Å². The normalized spacial score (nSPS) is 10.7. The van der Waals surface area contributed by atoms with Gasteiger partial charge in [0.1, 0.15) is 5.75 Å². The molecule has 0 radical (unpaired) electrons. The lowest BCUT2D eigenvalue weighted by Crippen LogP contribution is -2.19. The van der Waals surface area contributed by atoms with Crippen molar-refractivity contribution in [2.45, 2.75) is 0 Å². The maximum atomic E-state index is 13.5. The number of aromatic nitrogens is 2. The van der Waals surface area contributed by atoms with Crippen LogP contribution in [0.15, 0.2) is 60.9 Å². The van der Waals surface area contributed by atoms with Crippen LogP contribution in [0.25, 0.3) is 22.2 Å². The number of fused-ring (bicyclic) bond motifs is 1. The predicted molar refractivity (Wildman–Crippen MR) is 114 cm³/mol. The van der Waals surface area contributed by atoms with Crippen molar-refractivity contribution in [3.63, 3.8) is 0 Å². The highest BCUT2D eigenvalue weighted by molar-refractivity contribution is 7.80. The highest BCUT2D eigenvalue weighted by atomic mass is 32.1. The summed E-state index contributed by atoms with van der Waals surface area (Å²) < 4.78 is 32.4. The smallest absolute Gasteiger partial charge is 0.175 e. The monoisotopic (exact) mass is 410 g/mol. The van der Waals surface area contributed by atoms with Gasteiger partial charge in [-0.05, 0) is 54.7 Å². The summed E-state index contributed by atoms with van der Waals surface area (Å²) in [5, 5.41) is 7.10. The Kier molecular flexibility index (Phi) is 5.09. The highest BCUT2D eigenvalue weighted by Gasteiger charge is 2.12. The topological polar surface area (TPSA) is 62.0 Å². The van der Waals surface area contributed by atoms with Crippen LogP contribution in [0.2, 0.25) is 0 Å². The number of nitrogens with one attached hydrogen (secondary N) is 3. The molecule has 0 aliphatic heterocycles. The fourth-order valence-corrected chi connectivity index (χ4v) is 3.20. The Morgan fingerprint density at radius 1 is 1.07 bits per heavy atom. The van der Waals surface area contributed by atoms with Crippen molar-refractivity contribution in [2.24, 2.45) is 0 Å². The van der Waals surface area contributed by atoms with Crippen LogP contribution in [0.1, 0.15) is 0 Å². The fourth-order valence-electron chi connectivity index (χ4n) is 2.98. The molecule has 3 N–H and O–H groups in total. The Hall–Kier alpha value is -3.52. The van der Waals surface area contributed by atoms with Crippen LogP contribution in [0.5, 0.6) is 5.75 Å². The first-order chi connectivity index (χ1) is 14.0. The van der Waals surface area contributed by atoms with Gasteiger partial charge in [0.05, 0.1) is 24.7 Å². The number of thiocarbonyl (C=S) groups is 1. The Morgan fingerprint density at radius 3 is 2.66 bits per heavy atom. The largest absolute Gasteiger partial charge is 0.495 e. The van der Waals surface area contributed by atoms with Gasteiger partial charge in [-0.3, -0.25) is 4.98 Å². The van der Waals surface area contributed by atoms with Gasteiger partial charge in [-0.15, -0.1) is 0 Å². The molecule has 0 unspecified atom stereocenters. The number of pyridine rings is 1. The predicted octanol–water partition coefficient (Wildman–Crippen LogP) is 5.33. The maximum Gasteiger partial charge on any atom is 0.175 e. The van der Waals surface area contributed by atoms with E-state index in [0.717, 1.165) is 17.3 Å². The Balaban J connectivity index is 1.63. The minimum atomic E-state index is -0.894. The molecule has 8 heteroatoms. The van der Waals surface area contributed by atoms with Crippen molar-refractivity contribution in [3.8, 4) is 17.0 Å². The summed E-state index contributed by atoms with van der Waals surface area (Å²) in [6.45, 7) is 0. The minimum Gasteiger partial charge on any atom is -0.495 e. The van der Waals surface area contributed by atoms with Gasteiger partial charge in [0, 0.05) is 34.4 Å². The number of hydrogen-bond donors (Lipinski definition) is 3. The van der Waals surface area contributed by atoms with Gasteiger partial charge in [-0.25, -0.2) is 8.78 Å². The van der Waals surface area contributed by atoms with Crippen LogP contribution in [0.4, 0.5) is 20.2 Å². The van der Waals surface area contributed by atoms with E-state index in [2.05, 4.69) is 20.6 Å². The Labute approximate surface area is 170 Å². The lowest BCUT2D eigenvalue weighted by atomic mass is 10.1. The second-order valence-corrected chi connectivity index (χ2v) is 6.68. The van der Waals surface area contributed by atoms with Crippen LogP contribution >= 0.6 is 12.2 Å². The molecule has 0 aliphatic rings. The van der Waals surface area contributed by atoms with E-state index < -0.39 is 11.6 Å². The molecule has 4 aromatic rings. The third-order valence-electron chi connectivity index (χ3n) is 4.34. The molecule has 5 nitrogen and oxygen atoms in total. The van der Waals surface area contributed by atoms with Crippen molar-refractivity contribution < 1.29 is 13.5 Å². The van der Waals surface area contributed by atoms with Crippen LogP contribution in [0, 0.1) is 11.6 Å². The van der Waals surface area contributed by atoms with Gasteiger partial charge < -0.3 is 20.4 Å². The quantitative estimate of drug-likeness (QED) is 0.397. The average Bonchev–Trinajstić information content (AvgIpc) is 3.11. The fraction of sp³-hybridized carbons (Fsp3) is 0.0476. The number of aromatic amines is 1. The number of benzene rings is 2. The van der Waals surface area contributed by atoms with Crippen LogP contribution < -0.4 is 15.4 Å². The molecule has 0 saturated carbocycles. The Morgan fingerprint density at radius 2 is 1.90 bits per heavy atom. The number of methoxy groups -OCH3 is 1. The molecule has 2 aromatic carbocycles. The van der Waals surface area contributed by atoms with Gasteiger partial charge in [0.2, 0.25) is 0 Å². The molecule has 0 fully saturated rings. The van der Waals surface area contributed by atoms with Gasteiger partial charge >= 0.3 is 0 Å². The third-order valence-corrected chi connectivity index (χ3v) is 4.54. The zero-order valence-electron chi connectivity index (χ0n) is 15.3. The van der Waals surface area contributed by atoms with Gasteiger partial charge in [-0.1, -0.05) is 0 Å². The number of halogens is 2.